The minimum absolute atomic E-state index is 0.234. The topological polar surface area (TPSA) is 50.9 Å². The lowest BCUT2D eigenvalue weighted by Gasteiger charge is -2.19. The van der Waals surface area contributed by atoms with Crippen molar-refractivity contribution in [3.8, 4) is 0 Å². The predicted molar refractivity (Wildman–Crippen MR) is 72.9 cm³/mol. The molecular formula is C15H19N3O. The summed E-state index contributed by atoms with van der Waals surface area (Å²) in [6.45, 7) is 2.83. The third kappa shape index (κ3) is 2.28. The van der Waals surface area contributed by atoms with Crippen LogP contribution in [0.15, 0.2) is 30.6 Å². The van der Waals surface area contributed by atoms with E-state index in [1.165, 1.54) is 11.1 Å². The molecule has 2 atom stereocenters. The first-order valence-electron chi connectivity index (χ1n) is 6.92. The highest BCUT2D eigenvalue weighted by atomic mass is 16.3. The van der Waals surface area contributed by atoms with E-state index in [-0.39, 0.29) is 12.0 Å². The Morgan fingerprint density at radius 3 is 3.11 bits per heavy atom. The number of benzene rings is 1. The van der Waals surface area contributed by atoms with Crippen molar-refractivity contribution in [1.29, 1.82) is 0 Å². The Labute approximate surface area is 113 Å². The van der Waals surface area contributed by atoms with Crippen LogP contribution >= 0.6 is 0 Å². The number of nitrogens with zero attached hydrogens (tertiary/aromatic N) is 3. The maximum Gasteiger partial charge on any atom is 0.138 e. The van der Waals surface area contributed by atoms with Gasteiger partial charge < -0.3 is 5.11 Å². The van der Waals surface area contributed by atoms with Gasteiger partial charge in [-0.05, 0) is 30.9 Å². The number of fused-ring (bicyclic) bond motifs is 1. The molecule has 0 aliphatic heterocycles. The van der Waals surface area contributed by atoms with Crippen LogP contribution in [0, 0.1) is 0 Å². The number of aromatic nitrogens is 3. The number of aryl methyl sites for hydroxylation is 2. The molecule has 0 spiro atoms. The molecule has 0 bridgehead atoms. The number of rotatable bonds is 4. The molecule has 1 aliphatic carbocycles. The van der Waals surface area contributed by atoms with E-state index in [0.29, 0.717) is 6.42 Å². The fourth-order valence-electron chi connectivity index (χ4n) is 3.03. The number of aliphatic hydroxyl groups is 1. The maximum absolute atomic E-state index is 10.5. The second-order valence-corrected chi connectivity index (χ2v) is 5.11. The van der Waals surface area contributed by atoms with Crippen molar-refractivity contribution in [3.05, 3.63) is 47.5 Å². The van der Waals surface area contributed by atoms with Gasteiger partial charge in [0.1, 0.15) is 12.2 Å². The van der Waals surface area contributed by atoms with Crippen LogP contribution in [0.3, 0.4) is 0 Å². The van der Waals surface area contributed by atoms with Crippen molar-refractivity contribution in [2.45, 2.75) is 44.8 Å². The van der Waals surface area contributed by atoms with Crippen LogP contribution in [0.25, 0.3) is 0 Å². The van der Waals surface area contributed by atoms with E-state index in [0.717, 1.165) is 25.2 Å². The monoisotopic (exact) mass is 257 g/mol. The van der Waals surface area contributed by atoms with Gasteiger partial charge in [-0.25, -0.2) is 4.98 Å². The van der Waals surface area contributed by atoms with Gasteiger partial charge in [0.2, 0.25) is 0 Å². The molecule has 1 aromatic carbocycles. The second kappa shape index (κ2) is 5.13. The third-order valence-corrected chi connectivity index (χ3v) is 4.03. The van der Waals surface area contributed by atoms with Crippen LogP contribution in [0.4, 0.5) is 0 Å². The number of aliphatic hydroxyl groups excluding tert-OH is 1. The van der Waals surface area contributed by atoms with Crippen molar-refractivity contribution >= 4 is 0 Å². The van der Waals surface area contributed by atoms with Crippen LogP contribution in [-0.4, -0.2) is 26.0 Å². The molecule has 0 saturated carbocycles. The Bertz CT molecular complexity index is 564. The van der Waals surface area contributed by atoms with E-state index < -0.39 is 0 Å². The van der Waals surface area contributed by atoms with Gasteiger partial charge in [-0.1, -0.05) is 24.3 Å². The Morgan fingerprint density at radius 1 is 1.42 bits per heavy atom. The van der Waals surface area contributed by atoms with Gasteiger partial charge in [0.15, 0.2) is 0 Å². The Hall–Kier alpha value is -1.68. The fourth-order valence-corrected chi connectivity index (χ4v) is 3.03. The standard InChI is InChI=1S/C15H19N3O/c1-2-18-15(16-10-17-18)9-14(19)13-8-7-11-5-3-4-6-12(11)13/h3-6,10,13-14,19H,2,7-9H2,1H3. The summed E-state index contributed by atoms with van der Waals surface area (Å²) in [7, 11) is 0. The molecule has 0 saturated heterocycles. The summed E-state index contributed by atoms with van der Waals surface area (Å²) in [6.07, 6.45) is 3.86. The predicted octanol–water partition coefficient (Wildman–Crippen LogP) is 1.93. The van der Waals surface area contributed by atoms with Gasteiger partial charge in [-0.2, -0.15) is 5.10 Å². The van der Waals surface area contributed by atoms with Crippen molar-refractivity contribution in [2.75, 3.05) is 0 Å². The molecular weight excluding hydrogens is 238 g/mol. The molecule has 0 radical (unpaired) electrons. The highest BCUT2D eigenvalue weighted by molar-refractivity contribution is 5.35. The highest BCUT2D eigenvalue weighted by Gasteiger charge is 2.29. The first-order chi connectivity index (χ1) is 9.29. The third-order valence-electron chi connectivity index (χ3n) is 4.03. The van der Waals surface area contributed by atoms with Gasteiger partial charge >= 0.3 is 0 Å². The van der Waals surface area contributed by atoms with Gasteiger partial charge in [0.05, 0.1) is 6.10 Å². The smallest absolute Gasteiger partial charge is 0.138 e. The molecule has 3 rings (SSSR count). The van der Waals surface area contributed by atoms with E-state index in [2.05, 4.69) is 34.3 Å². The average molecular weight is 257 g/mol. The summed E-state index contributed by atoms with van der Waals surface area (Å²) in [4.78, 5) is 4.25. The molecule has 19 heavy (non-hydrogen) atoms. The van der Waals surface area contributed by atoms with E-state index in [4.69, 9.17) is 0 Å². The fraction of sp³-hybridized carbons (Fsp3) is 0.467. The van der Waals surface area contributed by atoms with Crippen LogP contribution in [0.5, 0.6) is 0 Å². The van der Waals surface area contributed by atoms with Crippen LogP contribution in [0.2, 0.25) is 0 Å². The van der Waals surface area contributed by atoms with Crippen LogP contribution < -0.4 is 0 Å². The van der Waals surface area contributed by atoms with Crippen LogP contribution in [-0.2, 0) is 19.4 Å². The van der Waals surface area contributed by atoms with Crippen molar-refractivity contribution in [2.24, 2.45) is 0 Å². The van der Waals surface area contributed by atoms with Gasteiger partial charge in [-0.15, -0.1) is 0 Å². The van der Waals surface area contributed by atoms with E-state index in [9.17, 15) is 5.11 Å². The molecule has 2 aromatic rings. The van der Waals surface area contributed by atoms with E-state index >= 15 is 0 Å². The summed E-state index contributed by atoms with van der Waals surface area (Å²) in [6, 6.07) is 8.43. The summed E-state index contributed by atoms with van der Waals surface area (Å²) in [5.74, 6) is 1.11. The molecule has 2 unspecified atom stereocenters. The quantitative estimate of drug-likeness (QED) is 0.910. The van der Waals surface area contributed by atoms with E-state index in [1.54, 1.807) is 6.33 Å². The molecule has 1 heterocycles. The van der Waals surface area contributed by atoms with Crippen molar-refractivity contribution in [1.82, 2.24) is 14.8 Å². The Morgan fingerprint density at radius 2 is 2.26 bits per heavy atom. The summed E-state index contributed by atoms with van der Waals surface area (Å²) < 4.78 is 1.85. The minimum Gasteiger partial charge on any atom is -0.392 e. The van der Waals surface area contributed by atoms with Crippen LogP contribution in [0.1, 0.15) is 36.2 Å². The maximum atomic E-state index is 10.5. The molecule has 1 aromatic heterocycles. The zero-order chi connectivity index (χ0) is 13.2. The summed E-state index contributed by atoms with van der Waals surface area (Å²) in [5.41, 5.74) is 2.68. The highest BCUT2D eigenvalue weighted by Crippen LogP contribution is 2.36. The lowest BCUT2D eigenvalue weighted by Crippen LogP contribution is -2.21. The lowest BCUT2D eigenvalue weighted by atomic mass is 9.93. The first kappa shape index (κ1) is 12.4. The van der Waals surface area contributed by atoms with Crippen molar-refractivity contribution in [3.63, 3.8) is 0 Å². The molecule has 1 N–H and O–H groups in total. The van der Waals surface area contributed by atoms with Gasteiger partial charge in [-0.3, -0.25) is 4.68 Å². The van der Waals surface area contributed by atoms with Gasteiger partial charge in [0, 0.05) is 18.9 Å². The molecule has 1 aliphatic rings. The molecule has 100 valence electrons. The second-order valence-electron chi connectivity index (χ2n) is 5.11. The summed E-state index contributed by atoms with van der Waals surface area (Å²) in [5, 5.41) is 14.7. The molecule has 0 fully saturated rings. The molecule has 4 heteroatoms. The van der Waals surface area contributed by atoms with E-state index in [1.807, 2.05) is 11.6 Å². The largest absolute Gasteiger partial charge is 0.392 e. The number of hydrogen-bond acceptors (Lipinski definition) is 3. The van der Waals surface area contributed by atoms with Gasteiger partial charge in [0.25, 0.3) is 0 Å². The molecule has 0 amide bonds. The minimum atomic E-state index is -0.377. The number of hydrogen-bond donors (Lipinski definition) is 1. The molecule has 4 nitrogen and oxygen atoms in total. The summed E-state index contributed by atoms with van der Waals surface area (Å²) >= 11 is 0. The Kier molecular flexibility index (Phi) is 3.34. The normalized spacial score (nSPS) is 19.4. The zero-order valence-electron chi connectivity index (χ0n) is 11.2. The first-order valence-corrected chi connectivity index (χ1v) is 6.92. The zero-order valence-corrected chi connectivity index (χ0v) is 11.2. The average Bonchev–Trinajstić information content (AvgIpc) is 3.04. The SMILES string of the molecule is CCn1ncnc1CC(O)C1CCc2ccccc21. The Balaban J connectivity index is 1.77. The van der Waals surface area contributed by atoms with Crippen molar-refractivity contribution < 1.29 is 5.11 Å². The lowest BCUT2D eigenvalue weighted by molar-refractivity contribution is 0.139.